The summed E-state index contributed by atoms with van der Waals surface area (Å²) in [5, 5.41) is 0. The summed E-state index contributed by atoms with van der Waals surface area (Å²) in [4.78, 5) is 10.9. The molecule has 0 aliphatic carbocycles. The lowest BCUT2D eigenvalue weighted by Crippen LogP contribution is -2.38. The molecule has 0 heterocycles. The first-order chi connectivity index (χ1) is 7.98. The molecule has 2 N–H and O–H groups in total. The lowest BCUT2D eigenvalue weighted by molar-refractivity contribution is 0.0646. The monoisotopic (exact) mass is 233 g/mol. The molecule has 1 aromatic carbocycles. The van der Waals surface area contributed by atoms with Gasteiger partial charge in [-0.2, -0.15) is 0 Å². The molecule has 0 aliphatic rings. The summed E-state index contributed by atoms with van der Waals surface area (Å²) >= 11 is 0. The Morgan fingerprint density at radius 2 is 2.06 bits per heavy atom. The molecule has 0 saturated carbocycles. The Kier molecular flexibility index (Phi) is 4.32. The fraction of sp³-hybridized carbons (Fsp3) is 0.357. The van der Waals surface area contributed by atoms with Gasteiger partial charge in [0.2, 0.25) is 0 Å². The first kappa shape index (κ1) is 13.3. The van der Waals surface area contributed by atoms with Crippen molar-refractivity contribution in [3.63, 3.8) is 0 Å². The van der Waals surface area contributed by atoms with Crippen LogP contribution in [-0.2, 0) is 10.2 Å². The van der Waals surface area contributed by atoms with Gasteiger partial charge in [0.1, 0.15) is 6.10 Å². The number of carbonyl (C=O) groups is 1. The average Bonchev–Trinajstić information content (AvgIpc) is 2.29. The predicted octanol–water partition coefficient (Wildman–Crippen LogP) is 3.00. The first-order valence-electron chi connectivity index (χ1n) is 5.61. The third kappa shape index (κ3) is 3.34. The van der Waals surface area contributed by atoms with E-state index >= 15 is 0 Å². The maximum Gasteiger partial charge on any atom is 0.404 e. The van der Waals surface area contributed by atoms with Crippen molar-refractivity contribution in [1.82, 2.24) is 0 Å². The highest BCUT2D eigenvalue weighted by Gasteiger charge is 2.32. The third-order valence-corrected chi connectivity index (χ3v) is 2.96. The largest absolute Gasteiger partial charge is 0.445 e. The Morgan fingerprint density at radius 3 is 2.53 bits per heavy atom. The highest BCUT2D eigenvalue weighted by Crippen LogP contribution is 2.31. The minimum atomic E-state index is -0.749. The van der Waals surface area contributed by atoms with Gasteiger partial charge in [-0.15, -0.1) is 6.58 Å². The molecular formula is C14H19NO2. The molecule has 1 rings (SSSR count). The SMILES string of the molecule is C=CCC(OC(N)=O)C(C)(C)c1ccccc1. The van der Waals surface area contributed by atoms with Gasteiger partial charge in [-0.05, 0) is 5.56 Å². The Morgan fingerprint density at radius 1 is 1.47 bits per heavy atom. The van der Waals surface area contributed by atoms with Crippen LogP contribution < -0.4 is 5.73 Å². The Bertz CT molecular complexity index is 384. The number of primary amides is 1. The fourth-order valence-corrected chi connectivity index (χ4v) is 1.84. The van der Waals surface area contributed by atoms with Gasteiger partial charge in [0, 0.05) is 11.8 Å². The molecule has 1 unspecified atom stereocenters. The van der Waals surface area contributed by atoms with Crippen LogP contribution in [0.25, 0.3) is 0 Å². The zero-order valence-electron chi connectivity index (χ0n) is 10.3. The number of nitrogens with two attached hydrogens (primary N) is 1. The summed E-state index contributed by atoms with van der Waals surface area (Å²) in [5.41, 5.74) is 5.91. The number of amides is 1. The second-order valence-electron chi connectivity index (χ2n) is 4.54. The number of hydrogen-bond acceptors (Lipinski definition) is 2. The van der Waals surface area contributed by atoms with Gasteiger partial charge in [0.05, 0.1) is 0 Å². The molecular weight excluding hydrogens is 214 g/mol. The van der Waals surface area contributed by atoms with Crippen molar-refractivity contribution in [1.29, 1.82) is 0 Å². The molecule has 0 bridgehead atoms. The van der Waals surface area contributed by atoms with Crippen LogP contribution in [0.5, 0.6) is 0 Å². The van der Waals surface area contributed by atoms with Crippen molar-refractivity contribution in [2.45, 2.75) is 31.8 Å². The summed E-state index contributed by atoms with van der Waals surface area (Å²) in [6.45, 7) is 7.74. The van der Waals surface area contributed by atoms with Gasteiger partial charge in [-0.1, -0.05) is 50.3 Å². The van der Waals surface area contributed by atoms with Crippen molar-refractivity contribution in [2.75, 3.05) is 0 Å². The number of carbonyl (C=O) groups excluding carboxylic acids is 1. The standard InChI is InChI=1S/C14H19NO2/c1-4-8-12(17-13(15)16)14(2,3)11-9-6-5-7-10-11/h4-7,9-10,12H,1,8H2,2-3H3,(H2,15,16). The molecule has 0 aliphatic heterocycles. The molecule has 0 fully saturated rings. The van der Waals surface area contributed by atoms with Crippen LogP contribution in [0.15, 0.2) is 43.0 Å². The van der Waals surface area contributed by atoms with Crippen molar-refractivity contribution in [2.24, 2.45) is 5.73 Å². The first-order valence-corrected chi connectivity index (χ1v) is 5.61. The lowest BCUT2D eigenvalue weighted by atomic mass is 9.78. The molecule has 92 valence electrons. The molecule has 1 atom stereocenters. The third-order valence-electron chi connectivity index (χ3n) is 2.96. The van der Waals surface area contributed by atoms with Gasteiger partial charge in [0.25, 0.3) is 0 Å². The molecule has 1 amide bonds. The fourth-order valence-electron chi connectivity index (χ4n) is 1.84. The number of benzene rings is 1. The smallest absolute Gasteiger partial charge is 0.404 e. The molecule has 0 spiro atoms. The van der Waals surface area contributed by atoms with E-state index in [0.717, 1.165) is 5.56 Å². The number of hydrogen-bond donors (Lipinski definition) is 1. The van der Waals surface area contributed by atoms with Gasteiger partial charge in [-0.3, -0.25) is 0 Å². The Hall–Kier alpha value is -1.77. The molecule has 0 radical (unpaired) electrons. The zero-order valence-corrected chi connectivity index (χ0v) is 10.3. The summed E-state index contributed by atoms with van der Waals surface area (Å²) in [5.74, 6) is 0. The van der Waals surface area contributed by atoms with Crippen molar-refractivity contribution in [3.05, 3.63) is 48.6 Å². The maximum absolute atomic E-state index is 10.9. The van der Waals surface area contributed by atoms with E-state index in [1.807, 2.05) is 44.2 Å². The van der Waals surface area contributed by atoms with Crippen LogP contribution in [0.2, 0.25) is 0 Å². The van der Waals surface area contributed by atoms with E-state index in [9.17, 15) is 4.79 Å². The highest BCUT2D eigenvalue weighted by atomic mass is 16.6. The average molecular weight is 233 g/mol. The van der Waals surface area contributed by atoms with Gasteiger partial charge < -0.3 is 10.5 Å². The lowest BCUT2D eigenvalue weighted by Gasteiger charge is -2.33. The van der Waals surface area contributed by atoms with E-state index in [2.05, 4.69) is 6.58 Å². The minimum Gasteiger partial charge on any atom is -0.445 e. The minimum absolute atomic E-state index is 0.301. The van der Waals surface area contributed by atoms with E-state index in [0.29, 0.717) is 6.42 Å². The molecule has 0 aromatic heterocycles. The van der Waals surface area contributed by atoms with Gasteiger partial charge in [0.15, 0.2) is 0 Å². The summed E-state index contributed by atoms with van der Waals surface area (Å²) < 4.78 is 5.18. The second kappa shape index (κ2) is 5.53. The Labute approximate surface area is 102 Å². The van der Waals surface area contributed by atoms with E-state index in [4.69, 9.17) is 10.5 Å². The summed E-state index contributed by atoms with van der Waals surface area (Å²) in [7, 11) is 0. The van der Waals surface area contributed by atoms with Crippen LogP contribution >= 0.6 is 0 Å². The number of rotatable bonds is 5. The van der Waals surface area contributed by atoms with Gasteiger partial charge >= 0.3 is 6.09 Å². The van der Waals surface area contributed by atoms with E-state index in [1.54, 1.807) is 6.08 Å². The van der Waals surface area contributed by atoms with Crippen molar-refractivity contribution < 1.29 is 9.53 Å². The maximum atomic E-state index is 10.9. The van der Waals surface area contributed by atoms with E-state index < -0.39 is 6.09 Å². The molecule has 1 aromatic rings. The molecule has 0 saturated heterocycles. The topological polar surface area (TPSA) is 52.3 Å². The zero-order chi connectivity index (χ0) is 12.9. The number of ether oxygens (including phenoxy) is 1. The highest BCUT2D eigenvalue weighted by molar-refractivity contribution is 5.65. The normalized spacial score (nSPS) is 12.8. The van der Waals surface area contributed by atoms with Crippen LogP contribution in [0.3, 0.4) is 0 Å². The van der Waals surface area contributed by atoms with E-state index in [-0.39, 0.29) is 11.5 Å². The Balaban J connectivity index is 2.98. The quantitative estimate of drug-likeness (QED) is 0.795. The molecule has 17 heavy (non-hydrogen) atoms. The summed E-state index contributed by atoms with van der Waals surface area (Å²) in [6, 6.07) is 9.91. The molecule has 3 heteroatoms. The molecule has 3 nitrogen and oxygen atoms in total. The van der Waals surface area contributed by atoms with Gasteiger partial charge in [-0.25, -0.2) is 4.79 Å². The van der Waals surface area contributed by atoms with Crippen LogP contribution in [0.1, 0.15) is 25.8 Å². The van der Waals surface area contributed by atoms with Crippen LogP contribution in [0.4, 0.5) is 4.79 Å². The van der Waals surface area contributed by atoms with Crippen molar-refractivity contribution in [3.8, 4) is 0 Å². The van der Waals surface area contributed by atoms with Crippen LogP contribution in [-0.4, -0.2) is 12.2 Å². The predicted molar refractivity (Wildman–Crippen MR) is 68.7 cm³/mol. The van der Waals surface area contributed by atoms with Crippen LogP contribution in [0, 0.1) is 0 Å². The second-order valence-corrected chi connectivity index (χ2v) is 4.54. The van der Waals surface area contributed by atoms with Crippen molar-refractivity contribution >= 4 is 6.09 Å². The van der Waals surface area contributed by atoms with E-state index in [1.165, 1.54) is 0 Å². The summed E-state index contributed by atoms with van der Waals surface area (Å²) in [6.07, 6.45) is 1.25.